The maximum atomic E-state index is 14.9. The lowest BCUT2D eigenvalue weighted by atomic mass is 10.1. The predicted octanol–water partition coefficient (Wildman–Crippen LogP) is 2.05. The third-order valence-electron chi connectivity index (χ3n) is 6.19. The van der Waals surface area contributed by atoms with Crippen LogP contribution >= 0.6 is 0 Å². The van der Waals surface area contributed by atoms with Gasteiger partial charge < -0.3 is 20.3 Å². The molecule has 2 N–H and O–H groups in total. The SMILES string of the molecule is CCNC(=O)N1C[C@@H]2C(c3ccc(N4C[C@H](CNC(=O)CC)OC4=O)cc3F)[C@@H]2C1. The molecule has 1 aromatic rings. The number of amides is 4. The van der Waals surface area contributed by atoms with Crippen LogP contribution in [0.4, 0.5) is 19.7 Å². The number of benzene rings is 1. The first-order chi connectivity index (χ1) is 14.4. The number of halogens is 1. The highest BCUT2D eigenvalue weighted by Crippen LogP contribution is 2.58. The molecule has 1 saturated carbocycles. The number of hydrogen-bond donors (Lipinski definition) is 2. The fraction of sp³-hybridized carbons (Fsp3) is 0.571. The van der Waals surface area contributed by atoms with Crippen LogP contribution in [0.5, 0.6) is 0 Å². The summed E-state index contributed by atoms with van der Waals surface area (Å²) in [6.07, 6.45) is -0.640. The van der Waals surface area contributed by atoms with Gasteiger partial charge in [-0.2, -0.15) is 0 Å². The summed E-state index contributed by atoms with van der Waals surface area (Å²) in [5, 5.41) is 5.50. The lowest BCUT2D eigenvalue weighted by Crippen LogP contribution is -2.39. The van der Waals surface area contributed by atoms with E-state index >= 15 is 0 Å². The lowest BCUT2D eigenvalue weighted by molar-refractivity contribution is -0.121. The largest absolute Gasteiger partial charge is 0.442 e. The van der Waals surface area contributed by atoms with Crippen molar-refractivity contribution in [2.75, 3.05) is 37.6 Å². The number of rotatable bonds is 6. The summed E-state index contributed by atoms with van der Waals surface area (Å²) in [4.78, 5) is 38.7. The second-order valence-corrected chi connectivity index (χ2v) is 8.07. The topological polar surface area (TPSA) is 91.0 Å². The van der Waals surface area contributed by atoms with Gasteiger partial charge in [-0.15, -0.1) is 0 Å². The summed E-state index contributed by atoms with van der Waals surface area (Å²) >= 11 is 0. The fourth-order valence-electron chi connectivity index (χ4n) is 4.56. The molecule has 9 heteroatoms. The highest BCUT2D eigenvalue weighted by atomic mass is 19.1. The smallest absolute Gasteiger partial charge is 0.414 e. The van der Waals surface area contributed by atoms with Gasteiger partial charge in [0, 0.05) is 26.1 Å². The summed E-state index contributed by atoms with van der Waals surface area (Å²) < 4.78 is 20.1. The zero-order valence-corrected chi connectivity index (χ0v) is 17.2. The van der Waals surface area contributed by atoms with E-state index in [0.29, 0.717) is 37.3 Å². The number of nitrogens with zero attached hydrogens (tertiary/aromatic N) is 2. The van der Waals surface area contributed by atoms with Crippen LogP contribution in [-0.2, 0) is 9.53 Å². The van der Waals surface area contributed by atoms with Crippen molar-refractivity contribution in [3.8, 4) is 0 Å². The van der Waals surface area contributed by atoms with Crippen LogP contribution in [0.25, 0.3) is 0 Å². The Hall–Kier alpha value is -2.84. The van der Waals surface area contributed by atoms with Crippen LogP contribution in [0.1, 0.15) is 31.7 Å². The molecule has 30 heavy (non-hydrogen) atoms. The van der Waals surface area contributed by atoms with E-state index in [4.69, 9.17) is 4.74 Å². The van der Waals surface area contributed by atoms with Gasteiger partial charge in [0.2, 0.25) is 5.91 Å². The molecule has 4 atom stereocenters. The lowest BCUT2D eigenvalue weighted by Gasteiger charge is -2.20. The summed E-state index contributed by atoms with van der Waals surface area (Å²) in [6, 6.07) is 4.79. The van der Waals surface area contributed by atoms with Gasteiger partial charge >= 0.3 is 12.1 Å². The standard InChI is InChI=1S/C21H27FN4O4/c1-3-18(27)24-8-13-9-26(21(29)30-13)12-5-6-14(17(22)7-12)19-15-10-25(11-16(15)19)20(28)23-4-2/h5-7,13,15-16,19H,3-4,8-11H2,1-2H3,(H,23,28)(H,24,27)/t13-,15-,16+,19?/m0/s1. The number of carbonyl (C=O) groups excluding carboxylic acids is 3. The first kappa shape index (κ1) is 20.4. The predicted molar refractivity (Wildman–Crippen MR) is 108 cm³/mol. The Kier molecular flexibility index (Phi) is 5.53. The molecule has 0 spiro atoms. The quantitative estimate of drug-likeness (QED) is 0.740. The van der Waals surface area contributed by atoms with Crippen LogP contribution in [0, 0.1) is 17.7 Å². The maximum Gasteiger partial charge on any atom is 0.414 e. The van der Waals surface area contributed by atoms with Gasteiger partial charge in [0.25, 0.3) is 0 Å². The van der Waals surface area contributed by atoms with Crippen LogP contribution in [0.3, 0.4) is 0 Å². The minimum Gasteiger partial charge on any atom is -0.442 e. The van der Waals surface area contributed by atoms with E-state index in [9.17, 15) is 18.8 Å². The highest BCUT2D eigenvalue weighted by molar-refractivity contribution is 5.90. The van der Waals surface area contributed by atoms with Gasteiger partial charge in [0.1, 0.15) is 11.9 Å². The van der Waals surface area contributed by atoms with E-state index in [-0.39, 0.29) is 48.6 Å². The Morgan fingerprint density at radius 3 is 2.53 bits per heavy atom. The number of nitrogens with one attached hydrogen (secondary N) is 2. The summed E-state index contributed by atoms with van der Waals surface area (Å²) in [7, 11) is 0. The molecule has 1 aliphatic carbocycles. The second kappa shape index (κ2) is 8.12. The highest BCUT2D eigenvalue weighted by Gasteiger charge is 2.57. The molecular formula is C21H27FN4O4. The second-order valence-electron chi connectivity index (χ2n) is 8.07. The first-order valence-electron chi connectivity index (χ1n) is 10.5. The average molecular weight is 418 g/mol. The van der Waals surface area contributed by atoms with E-state index in [2.05, 4.69) is 10.6 Å². The van der Waals surface area contributed by atoms with Crippen molar-refractivity contribution in [3.05, 3.63) is 29.6 Å². The summed E-state index contributed by atoms with van der Waals surface area (Å²) in [5.41, 5.74) is 1.09. The molecule has 0 aromatic heterocycles. The van der Waals surface area contributed by atoms with Gasteiger partial charge in [0.05, 0.1) is 18.8 Å². The van der Waals surface area contributed by atoms with Crippen molar-refractivity contribution in [1.29, 1.82) is 0 Å². The Balaban J connectivity index is 1.36. The van der Waals surface area contributed by atoms with Crippen molar-refractivity contribution >= 4 is 23.7 Å². The Labute approximate surface area is 174 Å². The number of urea groups is 1. The van der Waals surface area contributed by atoms with Gasteiger partial charge in [-0.25, -0.2) is 14.0 Å². The zero-order chi connectivity index (χ0) is 21.4. The maximum absolute atomic E-state index is 14.9. The normalized spacial score (nSPS) is 27.0. The monoisotopic (exact) mass is 418 g/mol. The number of fused-ring (bicyclic) bond motifs is 1. The molecule has 3 fully saturated rings. The van der Waals surface area contributed by atoms with Crippen molar-refractivity contribution in [1.82, 2.24) is 15.5 Å². The van der Waals surface area contributed by atoms with Crippen molar-refractivity contribution in [2.24, 2.45) is 11.8 Å². The van der Waals surface area contributed by atoms with E-state index in [1.165, 1.54) is 11.0 Å². The Morgan fingerprint density at radius 1 is 1.17 bits per heavy atom. The van der Waals surface area contributed by atoms with Gasteiger partial charge in [-0.1, -0.05) is 13.0 Å². The van der Waals surface area contributed by atoms with E-state index in [1.807, 2.05) is 6.92 Å². The number of hydrogen-bond acceptors (Lipinski definition) is 4. The fourth-order valence-corrected chi connectivity index (χ4v) is 4.56. The van der Waals surface area contributed by atoms with Crippen LogP contribution < -0.4 is 15.5 Å². The third-order valence-corrected chi connectivity index (χ3v) is 6.19. The molecular weight excluding hydrogens is 391 g/mol. The summed E-state index contributed by atoms with van der Waals surface area (Å²) in [6.45, 7) is 6.01. The zero-order valence-electron chi connectivity index (χ0n) is 17.2. The van der Waals surface area contributed by atoms with Crippen molar-refractivity contribution in [2.45, 2.75) is 32.3 Å². The van der Waals surface area contributed by atoms with Crippen molar-refractivity contribution in [3.63, 3.8) is 0 Å². The van der Waals surface area contributed by atoms with Crippen LogP contribution in [0.15, 0.2) is 18.2 Å². The third kappa shape index (κ3) is 3.80. The molecule has 2 aliphatic heterocycles. The van der Waals surface area contributed by atoms with Gasteiger partial charge in [0.15, 0.2) is 0 Å². The molecule has 0 bridgehead atoms. The minimum absolute atomic E-state index is 0.0588. The molecule has 162 valence electrons. The number of likely N-dealkylation sites (tertiary alicyclic amines) is 1. The van der Waals surface area contributed by atoms with Crippen LogP contribution in [0.2, 0.25) is 0 Å². The van der Waals surface area contributed by atoms with E-state index in [0.717, 1.165) is 0 Å². The molecule has 8 nitrogen and oxygen atoms in total. The van der Waals surface area contributed by atoms with E-state index < -0.39 is 12.2 Å². The molecule has 4 rings (SSSR count). The molecule has 1 aromatic carbocycles. The molecule has 3 aliphatic rings. The van der Waals surface area contributed by atoms with Gasteiger partial charge in [-0.3, -0.25) is 9.69 Å². The van der Waals surface area contributed by atoms with Crippen LogP contribution in [-0.4, -0.2) is 61.8 Å². The minimum atomic E-state index is -0.543. The molecule has 2 saturated heterocycles. The molecule has 2 heterocycles. The summed E-state index contributed by atoms with van der Waals surface area (Å²) in [5.74, 6) is 0.243. The molecule has 4 amide bonds. The van der Waals surface area contributed by atoms with Gasteiger partial charge in [-0.05, 0) is 42.4 Å². The van der Waals surface area contributed by atoms with Crippen molar-refractivity contribution < 1.29 is 23.5 Å². The molecule has 1 unspecified atom stereocenters. The Morgan fingerprint density at radius 2 is 1.90 bits per heavy atom. The number of piperidine rings is 1. The Bertz CT molecular complexity index is 851. The average Bonchev–Trinajstić information content (AvgIpc) is 3.04. The van der Waals surface area contributed by atoms with E-state index in [1.54, 1.807) is 24.0 Å². The number of ether oxygens (including phenoxy) is 1. The number of carbonyl (C=O) groups is 3. The number of cyclic esters (lactones) is 1. The first-order valence-corrected chi connectivity index (χ1v) is 10.5. The number of anilines is 1. The molecule has 0 radical (unpaired) electrons.